The number of nitrogens with one attached hydrogen (secondary N) is 2. The average Bonchev–Trinajstić information content (AvgIpc) is 2.52. The molecule has 0 saturated carbocycles. The molecule has 0 spiro atoms. The van der Waals surface area contributed by atoms with Crippen LogP contribution in [0.4, 0.5) is 5.82 Å². The van der Waals surface area contributed by atoms with E-state index in [1.165, 1.54) is 0 Å². The van der Waals surface area contributed by atoms with E-state index >= 15 is 0 Å². The number of hydrogen-bond acceptors (Lipinski definition) is 4. The minimum absolute atomic E-state index is 0.0830. The van der Waals surface area contributed by atoms with Crippen molar-refractivity contribution in [3.05, 3.63) is 66.1 Å². The van der Waals surface area contributed by atoms with Crippen molar-refractivity contribution in [1.82, 2.24) is 15.3 Å². The second kappa shape index (κ2) is 7.36. The van der Waals surface area contributed by atoms with Crippen LogP contribution in [0.3, 0.4) is 0 Å². The summed E-state index contributed by atoms with van der Waals surface area (Å²) >= 11 is 0. The van der Waals surface area contributed by atoms with Crippen LogP contribution in [0.2, 0.25) is 0 Å². The minimum atomic E-state index is -0.235. The summed E-state index contributed by atoms with van der Waals surface area (Å²) in [6.07, 6.45) is 1.63. The van der Waals surface area contributed by atoms with Crippen LogP contribution in [-0.2, 0) is 0 Å². The molecule has 1 amide bonds. The fraction of sp³-hybridized carbons (Fsp3) is 0.235. The molecular weight excluding hydrogens is 276 g/mol. The van der Waals surface area contributed by atoms with Gasteiger partial charge in [0.15, 0.2) is 0 Å². The molecule has 1 aromatic carbocycles. The van der Waals surface area contributed by atoms with Crippen molar-refractivity contribution in [2.24, 2.45) is 0 Å². The van der Waals surface area contributed by atoms with Crippen molar-refractivity contribution in [3.63, 3.8) is 0 Å². The Bertz CT molecular complexity index is 655. The predicted octanol–water partition coefficient (Wildman–Crippen LogP) is 2.87. The van der Waals surface area contributed by atoms with E-state index in [9.17, 15) is 4.79 Å². The average molecular weight is 296 g/mol. The first-order valence-corrected chi connectivity index (χ1v) is 7.16. The molecule has 1 heterocycles. The molecular formula is C17H20N4O. The summed E-state index contributed by atoms with van der Waals surface area (Å²) in [5.41, 5.74) is 1.49. The van der Waals surface area contributed by atoms with Gasteiger partial charge in [0, 0.05) is 18.7 Å². The molecule has 0 saturated heterocycles. The van der Waals surface area contributed by atoms with Crippen molar-refractivity contribution in [2.75, 3.05) is 11.9 Å². The van der Waals surface area contributed by atoms with Gasteiger partial charge >= 0.3 is 0 Å². The van der Waals surface area contributed by atoms with Crippen LogP contribution in [0.15, 0.2) is 49.1 Å². The Balaban J connectivity index is 2.16. The third-order valence-corrected chi connectivity index (χ3v) is 3.14. The predicted molar refractivity (Wildman–Crippen MR) is 87.8 cm³/mol. The first kappa shape index (κ1) is 15.7. The third kappa shape index (κ3) is 4.15. The van der Waals surface area contributed by atoms with Gasteiger partial charge in [-0.1, -0.05) is 36.4 Å². The van der Waals surface area contributed by atoms with Gasteiger partial charge in [0.1, 0.15) is 17.3 Å². The van der Waals surface area contributed by atoms with E-state index in [2.05, 4.69) is 27.2 Å². The Morgan fingerprint density at radius 1 is 1.32 bits per heavy atom. The smallest absolute Gasteiger partial charge is 0.270 e. The number of amides is 1. The lowest BCUT2D eigenvalue weighted by atomic mass is 10.1. The molecule has 5 heteroatoms. The lowest BCUT2D eigenvalue weighted by Gasteiger charge is -2.15. The van der Waals surface area contributed by atoms with Crippen molar-refractivity contribution in [3.8, 4) is 0 Å². The quantitative estimate of drug-likeness (QED) is 0.804. The largest absolute Gasteiger partial charge is 0.363 e. The number of aryl methyl sites for hydroxylation is 1. The molecule has 0 radical (unpaired) electrons. The highest BCUT2D eigenvalue weighted by Crippen LogP contribution is 2.18. The van der Waals surface area contributed by atoms with E-state index in [1.54, 1.807) is 19.1 Å². The molecule has 0 aliphatic carbocycles. The number of nitrogens with zero attached hydrogens (tertiary/aromatic N) is 2. The highest BCUT2D eigenvalue weighted by atomic mass is 16.1. The Morgan fingerprint density at radius 2 is 2.05 bits per heavy atom. The fourth-order valence-corrected chi connectivity index (χ4v) is 2.06. The van der Waals surface area contributed by atoms with Gasteiger partial charge in [0.25, 0.3) is 5.91 Å². The second-order valence-corrected chi connectivity index (χ2v) is 4.96. The maximum atomic E-state index is 12.0. The van der Waals surface area contributed by atoms with Crippen molar-refractivity contribution in [2.45, 2.75) is 19.9 Å². The molecule has 2 aromatic rings. The zero-order valence-electron chi connectivity index (χ0n) is 12.8. The van der Waals surface area contributed by atoms with Gasteiger partial charge in [-0.2, -0.15) is 0 Å². The summed E-state index contributed by atoms with van der Waals surface area (Å²) in [5, 5.41) is 6.01. The molecule has 1 unspecified atom stereocenters. The van der Waals surface area contributed by atoms with Gasteiger partial charge in [-0.15, -0.1) is 6.58 Å². The van der Waals surface area contributed by atoms with Gasteiger partial charge in [-0.05, 0) is 19.4 Å². The van der Waals surface area contributed by atoms with Crippen molar-refractivity contribution >= 4 is 11.7 Å². The normalized spacial score (nSPS) is 11.5. The topological polar surface area (TPSA) is 66.9 Å². The summed E-state index contributed by atoms with van der Waals surface area (Å²) in [4.78, 5) is 20.5. The molecule has 22 heavy (non-hydrogen) atoms. The molecule has 2 N–H and O–H groups in total. The Hall–Kier alpha value is -2.69. The second-order valence-electron chi connectivity index (χ2n) is 4.96. The number of rotatable bonds is 6. The number of carbonyl (C=O) groups excluding carboxylic acids is 1. The van der Waals surface area contributed by atoms with Crippen molar-refractivity contribution in [1.29, 1.82) is 0 Å². The van der Waals surface area contributed by atoms with Crippen LogP contribution in [0.5, 0.6) is 0 Å². The van der Waals surface area contributed by atoms with Crippen LogP contribution in [-0.4, -0.2) is 22.4 Å². The zero-order chi connectivity index (χ0) is 15.9. The summed E-state index contributed by atoms with van der Waals surface area (Å²) in [6, 6.07) is 11.8. The number of anilines is 1. The monoisotopic (exact) mass is 296 g/mol. The van der Waals surface area contributed by atoms with E-state index in [0.29, 0.717) is 23.9 Å². The maximum Gasteiger partial charge on any atom is 0.270 e. The minimum Gasteiger partial charge on any atom is -0.363 e. The summed E-state index contributed by atoms with van der Waals surface area (Å²) < 4.78 is 0. The molecule has 0 aliphatic rings. The molecule has 0 bridgehead atoms. The molecule has 5 nitrogen and oxygen atoms in total. The van der Waals surface area contributed by atoms with Crippen LogP contribution in [0.25, 0.3) is 0 Å². The molecule has 0 fully saturated rings. The molecule has 1 aromatic heterocycles. The standard InChI is InChI=1S/C17H20N4O/c1-4-10-18-17(22)15-11-16(21-13(3)20-15)19-12(2)14-8-6-5-7-9-14/h4-9,11-12H,1,10H2,2-3H3,(H,18,22)(H,19,20,21). The highest BCUT2D eigenvalue weighted by Gasteiger charge is 2.11. The van der Waals surface area contributed by atoms with Gasteiger partial charge < -0.3 is 10.6 Å². The van der Waals surface area contributed by atoms with E-state index in [4.69, 9.17) is 0 Å². The van der Waals surface area contributed by atoms with Gasteiger partial charge in [-0.25, -0.2) is 9.97 Å². The van der Waals surface area contributed by atoms with Crippen LogP contribution >= 0.6 is 0 Å². The highest BCUT2D eigenvalue weighted by molar-refractivity contribution is 5.93. The van der Waals surface area contributed by atoms with E-state index < -0.39 is 0 Å². The summed E-state index contributed by atoms with van der Waals surface area (Å²) in [7, 11) is 0. The summed E-state index contributed by atoms with van der Waals surface area (Å²) in [6.45, 7) is 7.79. The van der Waals surface area contributed by atoms with Crippen LogP contribution in [0, 0.1) is 6.92 Å². The van der Waals surface area contributed by atoms with E-state index in [1.807, 2.05) is 37.3 Å². The lowest BCUT2D eigenvalue weighted by molar-refractivity contribution is 0.0952. The number of benzene rings is 1. The number of hydrogen-bond donors (Lipinski definition) is 2. The fourth-order valence-electron chi connectivity index (χ4n) is 2.06. The van der Waals surface area contributed by atoms with Crippen LogP contribution in [0.1, 0.15) is 34.8 Å². The number of carbonyl (C=O) groups is 1. The van der Waals surface area contributed by atoms with Gasteiger partial charge in [-0.3, -0.25) is 4.79 Å². The SMILES string of the molecule is C=CCNC(=O)c1cc(NC(C)c2ccccc2)nc(C)n1. The van der Waals surface area contributed by atoms with Crippen LogP contribution < -0.4 is 10.6 Å². The van der Waals surface area contributed by atoms with Gasteiger partial charge in [0.2, 0.25) is 0 Å². The van der Waals surface area contributed by atoms with Crippen molar-refractivity contribution < 1.29 is 4.79 Å². The Labute approximate surface area is 130 Å². The van der Waals surface area contributed by atoms with E-state index in [-0.39, 0.29) is 11.9 Å². The molecule has 0 aliphatic heterocycles. The summed E-state index contributed by atoms with van der Waals surface area (Å²) in [5.74, 6) is 0.947. The third-order valence-electron chi connectivity index (χ3n) is 3.14. The van der Waals surface area contributed by atoms with E-state index in [0.717, 1.165) is 5.56 Å². The number of aromatic nitrogens is 2. The lowest BCUT2D eigenvalue weighted by Crippen LogP contribution is -2.25. The Kier molecular flexibility index (Phi) is 5.25. The first-order chi connectivity index (χ1) is 10.6. The first-order valence-electron chi connectivity index (χ1n) is 7.16. The Morgan fingerprint density at radius 3 is 2.73 bits per heavy atom. The zero-order valence-corrected chi connectivity index (χ0v) is 12.8. The van der Waals surface area contributed by atoms with Gasteiger partial charge in [0.05, 0.1) is 0 Å². The maximum absolute atomic E-state index is 12.0. The molecule has 114 valence electrons. The molecule has 1 atom stereocenters. The molecule has 2 rings (SSSR count).